The summed E-state index contributed by atoms with van der Waals surface area (Å²) in [4.78, 5) is 2.42. The van der Waals surface area contributed by atoms with Crippen molar-refractivity contribution in [3.63, 3.8) is 0 Å². The molecular formula is C16H26N2O. The summed E-state index contributed by atoms with van der Waals surface area (Å²) in [5.41, 5.74) is 8.57. The molecule has 106 valence electrons. The van der Waals surface area contributed by atoms with Crippen LogP contribution in [0.25, 0.3) is 0 Å². The summed E-state index contributed by atoms with van der Waals surface area (Å²) in [6.07, 6.45) is 3.76. The van der Waals surface area contributed by atoms with Crippen molar-refractivity contribution < 1.29 is 4.74 Å². The molecule has 1 aromatic carbocycles. The highest BCUT2D eigenvalue weighted by atomic mass is 16.5. The zero-order valence-corrected chi connectivity index (χ0v) is 12.1. The molecule has 1 fully saturated rings. The number of nitrogens with zero attached hydrogens (tertiary/aromatic N) is 1. The summed E-state index contributed by atoms with van der Waals surface area (Å²) in [6.45, 7) is 7.13. The van der Waals surface area contributed by atoms with Gasteiger partial charge in [-0.05, 0) is 43.9 Å². The summed E-state index contributed by atoms with van der Waals surface area (Å²) in [7, 11) is 0. The molecule has 0 spiro atoms. The van der Waals surface area contributed by atoms with Crippen molar-refractivity contribution in [2.24, 2.45) is 5.73 Å². The highest BCUT2D eigenvalue weighted by Gasteiger charge is 2.20. The first-order valence-electron chi connectivity index (χ1n) is 7.46. The van der Waals surface area contributed by atoms with Gasteiger partial charge in [-0.15, -0.1) is 0 Å². The zero-order chi connectivity index (χ0) is 13.7. The molecule has 0 aliphatic carbocycles. The average molecular weight is 262 g/mol. The lowest BCUT2D eigenvalue weighted by atomic mass is 10.0. The zero-order valence-electron chi connectivity index (χ0n) is 12.1. The Morgan fingerprint density at radius 2 is 2.05 bits per heavy atom. The Balaban J connectivity index is 2.01. The van der Waals surface area contributed by atoms with Crippen LogP contribution < -0.4 is 10.6 Å². The van der Waals surface area contributed by atoms with E-state index in [2.05, 4.69) is 43.0 Å². The van der Waals surface area contributed by atoms with Crippen LogP contribution in [0.4, 0.5) is 5.69 Å². The molecule has 2 rings (SSSR count). The lowest BCUT2D eigenvalue weighted by Crippen LogP contribution is -2.39. The molecule has 1 heterocycles. The SMILES string of the molecule is CCOC1CCCN(c2ccc([C@H](N)CC)cc2)C1. The van der Waals surface area contributed by atoms with E-state index in [1.165, 1.54) is 24.1 Å². The van der Waals surface area contributed by atoms with Crippen LogP contribution in [0.1, 0.15) is 44.7 Å². The van der Waals surface area contributed by atoms with Crippen LogP contribution >= 0.6 is 0 Å². The van der Waals surface area contributed by atoms with E-state index in [1.807, 2.05) is 0 Å². The number of rotatable bonds is 5. The molecule has 1 unspecified atom stereocenters. The number of hydrogen-bond donors (Lipinski definition) is 1. The van der Waals surface area contributed by atoms with E-state index in [0.717, 1.165) is 26.1 Å². The molecular weight excluding hydrogens is 236 g/mol. The second-order valence-corrected chi connectivity index (χ2v) is 5.27. The van der Waals surface area contributed by atoms with Crippen molar-refractivity contribution in [2.45, 2.75) is 45.3 Å². The molecule has 0 amide bonds. The van der Waals surface area contributed by atoms with Gasteiger partial charge in [-0.25, -0.2) is 0 Å². The standard InChI is InChI=1S/C16H26N2O/c1-3-16(17)13-7-9-14(10-8-13)18-11-5-6-15(12-18)19-4-2/h7-10,15-16H,3-6,11-12,17H2,1-2H3/t15?,16-/m1/s1. The first kappa shape index (κ1) is 14.4. The second kappa shape index (κ2) is 6.92. The van der Waals surface area contributed by atoms with Gasteiger partial charge in [0.25, 0.3) is 0 Å². The summed E-state index contributed by atoms with van der Waals surface area (Å²) in [5, 5.41) is 0. The number of piperidine rings is 1. The molecule has 0 aromatic heterocycles. The Bertz CT molecular complexity index is 375. The molecule has 1 aliphatic rings. The lowest BCUT2D eigenvalue weighted by molar-refractivity contribution is 0.0527. The van der Waals surface area contributed by atoms with E-state index in [1.54, 1.807) is 0 Å². The fraction of sp³-hybridized carbons (Fsp3) is 0.625. The first-order valence-corrected chi connectivity index (χ1v) is 7.46. The van der Waals surface area contributed by atoms with E-state index in [0.29, 0.717) is 6.10 Å². The second-order valence-electron chi connectivity index (χ2n) is 5.27. The van der Waals surface area contributed by atoms with Crippen LogP contribution in [0.5, 0.6) is 0 Å². The molecule has 1 aromatic rings. The summed E-state index contributed by atoms with van der Waals surface area (Å²) in [5.74, 6) is 0. The van der Waals surface area contributed by atoms with E-state index in [-0.39, 0.29) is 6.04 Å². The van der Waals surface area contributed by atoms with Gasteiger partial charge in [0.15, 0.2) is 0 Å². The number of hydrogen-bond acceptors (Lipinski definition) is 3. The molecule has 0 radical (unpaired) electrons. The van der Waals surface area contributed by atoms with Crippen molar-refractivity contribution in [1.82, 2.24) is 0 Å². The molecule has 0 saturated carbocycles. The van der Waals surface area contributed by atoms with E-state index in [4.69, 9.17) is 10.5 Å². The number of anilines is 1. The van der Waals surface area contributed by atoms with Gasteiger partial charge in [-0.1, -0.05) is 19.1 Å². The van der Waals surface area contributed by atoms with Gasteiger partial charge in [0.1, 0.15) is 0 Å². The summed E-state index contributed by atoms with van der Waals surface area (Å²) in [6, 6.07) is 8.87. The van der Waals surface area contributed by atoms with Gasteiger partial charge in [0.05, 0.1) is 6.10 Å². The summed E-state index contributed by atoms with van der Waals surface area (Å²) < 4.78 is 5.75. The number of ether oxygens (including phenoxy) is 1. The predicted molar refractivity (Wildman–Crippen MR) is 80.5 cm³/mol. The lowest BCUT2D eigenvalue weighted by Gasteiger charge is -2.34. The Hall–Kier alpha value is -1.06. The predicted octanol–water partition coefficient (Wildman–Crippen LogP) is 3.10. The molecule has 3 nitrogen and oxygen atoms in total. The summed E-state index contributed by atoms with van der Waals surface area (Å²) >= 11 is 0. The molecule has 1 saturated heterocycles. The van der Waals surface area contributed by atoms with Crippen LogP contribution in [0.2, 0.25) is 0 Å². The molecule has 0 bridgehead atoms. The van der Waals surface area contributed by atoms with Crippen LogP contribution in [-0.4, -0.2) is 25.8 Å². The quantitative estimate of drug-likeness (QED) is 0.886. The maximum atomic E-state index is 6.05. The van der Waals surface area contributed by atoms with Gasteiger partial charge in [-0.3, -0.25) is 0 Å². The van der Waals surface area contributed by atoms with Crippen molar-refractivity contribution in [3.8, 4) is 0 Å². The highest BCUT2D eigenvalue weighted by molar-refractivity contribution is 5.48. The molecule has 2 N–H and O–H groups in total. The molecule has 1 aliphatic heterocycles. The Morgan fingerprint density at radius 3 is 2.68 bits per heavy atom. The number of benzene rings is 1. The normalized spacial score (nSPS) is 21.4. The monoisotopic (exact) mass is 262 g/mol. The fourth-order valence-electron chi connectivity index (χ4n) is 2.71. The van der Waals surface area contributed by atoms with E-state index >= 15 is 0 Å². The maximum absolute atomic E-state index is 6.05. The maximum Gasteiger partial charge on any atom is 0.0750 e. The average Bonchev–Trinajstić information content (AvgIpc) is 2.47. The molecule has 3 heteroatoms. The molecule has 19 heavy (non-hydrogen) atoms. The largest absolute Gasteiger partial charge is 0.377 e. The Kier molecular flexibility index (Phi) is 5.23. The molecule has 2 atom stereocenters. The topological polar surface area (TPSA) is 38.5 Å². The van der Waals surface area contributed by atoms with Crippen LogP contribution in [0, 0.1) is 0 Å². The highest BCUT2D eigenvalue weighted by Crippen LogP contribution is 2.23. The first-order chi connectivity index (χ1) is 9.24. The van der Waals surface area contributed by atoms with Crippen molar-refractivity contribution in [3.05, 3.63) is 29.8 Å². The minimum Gasteiger partial charge on any atom is -0.377 e. The van der Waals surface area contributed by atoms with Crippen LogP contribution in [0.15, 0.2) is 24.3 Å². The van der Waals surface area contributed by atoms with Gasteiger partial charge >= 0.3 is 0 Å². The number of nitrogens with two attached hydrogens (primary N) is 1. The van der Waals surface area contributed by atoms with Gasteiger partial charge in [0, 0.05) is 31.4 Å². The smallest absolute Gasteiger partial charge is 0.0750 e. The van der Waals surface area contributed by atoms with Crippen LogP contribution in [0.3, 0.4) is 0 Å². The van der Waals surface area contributed by atoms with Crippen LogP contribution in [-0.2, 0) is 4.74 Å². The fourth-order valence-corrected chi connectivity index (χ4v) is 2.71. The van der Waals surface area contributed by atoms with Crippen molar-refractivity contribution >= 4 is 5.69 Å². The Labute approximate surface area is 116 Å². The van der Waals surface area contributed by atoms with Crippen molar-refractivity contribution in [2.75, 3.05) is 24.6 Å². The van der Waals surface area contributed by atoms with E-state index < -0.39 is 0 Å². The van der Waals surface area contributed by atoms with Gasteiger partial charge < -0.3 is 15.4 Å². The van der Waals surface area contributed by atoms with E-state index in [9.17, 15) is 0 Å². The van der Waals surface area contributed by atoms with Gasteiger partial charge in [-0.2, -0.15) is 0 Å². The minimum atomic E-state index is 0.159. The minimum absolute atomic E-state index is 0.159. The Morgan fingerprint density at radius 1 is 1.32 bits per heavy atom. The van der Waals surface area contributed by atoms with Crippen molar-refractivity contribution in [1.29, 1.82) is 0 Å². The van der Waals surface area contributed by atoms with Gasteiger partial charge in [0.2, 0.25) is 0 Å². The third kappa shape index (κ3) is 3.71. The third-order valence-electron chi connectivity index (χ3n) is 3.91. The third-order valence-corrected chi connectivity index (χ3v) is 3.91.